The molecular formula is C11H12N2O3. The molecule has 1 heterocycles. The molecule has 1 aromatic heterocycles. The number of aliphatic hydroxyl groups excluding tert-OH is 1. The summed E-state index contributed by atoms with van der Waals surface area (Å²) in [5, 5.41) is 24.4. The van der Waals surface area contributed by atoms with Crippen LogP contribution in [0.4, 0.5) is 0 Å². The largest absolute Gasteiger partial charge is 0.539 e. The second kappa shape index (κ2) is 4.32. The van der Waals surface area contributed by atoms with Gasteiger partial charge in [0.2, 0.25) is 12.2 Å². The second-order valence-electron chi connectivity index (χ2n) is 3.60. The van der Waals surface area contributed by atoms with Crippen LogP contribution in [0.1, 0.15) is 24.6 Å². The summed E-state index contributed by atoms with van der Waals surface area (Å²) >= 11 is 0. The zero-order chi connectivity index (χ0) is 11.5. The van der Waals surface area contributed by atoms with E-state index in [2.05, 4.69) is 9.79 Å². The van der Waals surface area contributed by atoms with Crippen LogP contribution in [-0.2, 0) is 0 Å². The Hall–Kier alpha value is -1.88. The molecule has 0 amide bonds. The van der Waals surface area contributed by atoms with Gasteiger partial charge in [0.25, 0.3) is 0 Å². The lowest BCUT2D eigenvalue weighted by atomic mass is 10.0. The van der Waals surface area contributed by atoms with Crippen molar-refractivity contribution >= 4 is 0 Å². The topological polar surface area (TPSA) is 73.2 Å². The second-order valence-corrected chi connectivity index (χ2v) is 3.60. The van der Waals surface area contributed by atoms with E-state index in [0.717, 1.165) is 5.56 Å². The van der Waals surface area contributed by atoms with Crippen LogP contribution in [0.5, 0.6) is 5.95 Å². The third-order valence-corrected chi connectivity index (χ3v) is 2.48. The number of hydrogen-bond donors (Lipinski definition) is 1. The Bertz CT molecular complexity index is 455. The van der Waals surface area contributed by atoms with Gasteiger partial charge in [0.1, 0.15) is 12.1 Å². The zero-order valence-electron chi connectivity index (χ0n) is 8.78. The Morgan fingerprint density at radius 3 is 2.62 bits per heavy atom. The lowest BCUT2D eigenvalue weighted by molar-refractivity contribution is -0.789. The summed E-state index contributed by atoms with van der Waals surface area (Å²) in [5.74, 6) is -0.521. The van der Waals surface area contributed by atoms with E-state index in [1.165, 1.54) is 10.9 Å². The maximum atomic E-state index is 10.8. The third-order valence-electron chi connectivity index (χ3n) is 2.48. The van der Waals surface area contributed by atoms with Crippen LogP contribution in [0.2, 0.25) is 0 Å². The summed E-state index contributed by atoms with van der Waals surface area (Å²) in [6.45, 7) is 1.76. The van der Waals surface area contributed by atoms with Gasteiger partial charge in [-0.25, -0.2) is 0 Å². The fraction of sp³-hybridized carbons (Fsp3) is 0.273. The first-order valence-electron chi connectivity index (χ1n) is 4.96. The maximum absolute atomic E-state index is 10.8. The first-order valence-corrected chi connectivity index (χ1v) is 4.96. The summed E-state index contributed by atoms with van der Waals surface area (Å²) in [4.78, 5) is 0. The molecule has 0 saturated heterocycles. The van der Waals surface area contributed by atoms with Crippen molar-refractivity contribution in [3.05, 3.63) is 42.1 Å². The standard InChI is InChI=1S/C11H12N2O3/c1-8(13-7-10(14)16-12-13)11(15)9-5-3-2-4-6-9/h2-8,11,15H,1H3. The fourth-order valence-electron chi connectivity index (χ4n) is 1.51. The lowest BCUT2D eigenvalue weighted by Crippen LogP contribution is -2.42. The summed E-state index contributed by atoms with van der Waals surface area (Å²) < 4.78 is 5.74. The van der Waals surface area contributed by atoms with E-state index in [1.54, 1.807) is 6.92 Å². The monoisotopic (exact) mass is 220 g/mol. The van der Waals surface area contributed by atoms with Crippen LogP contribution in [0.25, 0.3) is 0 Å². The molecule has 84 valence electrons. The molecule has 2 rings (SSSR count). The van der Waals surface area contributed by atoms with Crippen LogP contribution >= 0.6 is 0 Å². The van der Waals surface area contributed by atoms with E-state index in [0.29, 0.717) is 0 Å². The van der Waals surface area contributed by atoms with Crippen molar-refractivity contribution in [1.29, 1.82) is 0 Å². The van der Waals surface area contributed by atoms with Crippen LogP contribution in [-0.4, -0.2) is 10.4 Å². The van der Waals surface area contributed by atoms with E-state index in [-0.39, 0.29) is 6.04 Å². The molecule has 0 fully saturated rings. The minimum Gasteiger partial charge on any atom is -0.539 e. The van der Waals surface area contributed by atoms with Gasteiger partial charge in [-0.15, -0.1) is 0 Å². The van der Waals surface area contributed by atoms with Crippen molar-refractivity contribution < 1.29 is 19.4 Å². The molecule has 0 radical (unpaired) electrons. The molecule has 2 atom stereocenters. The molecule has 0 saturated carbocycles. The highest BCUT2D eigenvalue weighted by atomic mass is 16.6. The Balaban J connectivity index is 2.19. The molecule has 5 heteroatoms. The van der Waals surface area contributed by atoms with E-state index >= 15 is 0 Å². The van der Waals surface area contributed by atoms with E-state index in [1.807, 2.05) is 30.3 Å². The predicted octanol–water partition coefficient (Wildman–Crippen LogP) is 0.330. The van der Waals surface area contributed by atoms with Gasteiger partial charge in [-0.3, -0.25) is 0 Å². The van der Waals surface area contributed by atoms with Gasteiger partial charge in [-0.2, -0.15) is 0 Å². The van der Waals surface area contributed by atoms with Crippen molar-refractivity contribution in [3.63, 3.8) is 0 Å². The maximum Gasteiger partial charge on any atom is 0.221 e. The van der Waals surface area contributed by atoms with Gasteiger partial charge in [0.15, 0.2) is 0 Å². The number of aromatic nitrogens is 2. The van der Waals surface area contributed by atoms with Gasteiger partial charge < -0.3 is 14.7 Å². The lowest BCUT2D eigenvalue weighted by Gasteiger charge is -2.11. The minimum absolute atomic E-state index is 0.353. The molecule has 0 bridgehead atoms. The normalized spacial score (nSPS) is 14.6. The van der Waals surface area contributed by atoms with Gasteiger partial charge in [-0.1, -0.05) is 35.0 Å². The third kappa shape index (κ3) is 2.04. The van der Waals surface area contributed by atoms with Crippen LogP contribution in [0.3, 0.4) is 0 Å². The van der Waals surface area contributed by atoms with Gasteiger partial charge in [0.05, 0.1) is 5.27 Å². The SMILES string of the molecule is CC(C(O)c1ccccc1)[n+]1cc([O-])on1. The van der Waals surface area contributed by atoms with Crippen molar-refractivity contribution in [2.45, 2.75) is 19.1 Å². The number of rotatable bonds is 3. The zero-order valence-corrected chi connectivity index (χ0v) is 8.78. The Morgan fingerprint density at radius 1 is 1.38 bits per heavy atom. The number of nitrogens with zero attached hydrogens (tertiary/aromatic N) is 2. The average molecular weight is 220 g/mol. The van der Waals surface area contributed by atoms with Crippen LogP contribution < -0.4 is 9.79 Å². The quantitative estimate of drug-likeness (QED) is 0.756. The molecule has 0 aliphatic carbocycles. The average Bonchev–Trinajstić information content (AvgIpc) is 2.75. The Morgan fingerprint density at radius 2 is 2.06 bits per heavy atom. The minimum atomic E-state index is -0.726. The molecule has 0 aliphatic heterocycles. The van der Waals surface area contributed by atoms with E-state index < -0.39 is 12.1 Å². The predicted molar refractivity (Wildman–Crippen MR) is 52.3 cm³/mol. The van der Waals surface area contributed by atoms with E-state index in [9.17, 15) is 10.2 Å². The molecule has 0 spiro atoms. The van der Waals surface area contributed by atoms with Crippen molar-refractivity contribution in [1.82, 2.24) is 5.27 Å². The molecule has 2 unspecified atom stereocenters. The highest BCUT2D eigenvalue weighted by Gasteiger charge is 2.26. The summed E-state index contributed by atoms with van der Waals surface area (Å²) in [6, 6.07) is 8.85. The van der Waals surface area contributed by atoms with Gasteiger partial charge in [0, 0.05) is 6.92 Å². The summed E-state index contributed by atoms with van der Waals surface area (Å²) in [6.07, 6.45) is 0.493. The fourth-order valence-corrected chi connectivity index (χ4v) is 1.51. The van der Waals surface area contributed by atoms with Crippen LogP contribution in [0.15, 0.2) is 41.1 Å². The Kier molecular flexibility index (Phi) is 2.87. The van der Waals surface area contributed by atoms with Gasteiger partial charge >= 0.3 is 0 Å². The molecule has 1 N–H and O–H groups in total. The highest BCUT2D eigenvalue weighted by molar-refractivity contribution is 5.17. The van der Waals surface area contributed by atoms with Gasteiger partial charge in [-0.05, 0) is 5.56 Å². The molecule has 1 aromatic carbocycles. The molecule has 5 nitrogen and oxygen atoms in total. The first kappa shape index (κ1) is 10.6. The number of hydrogen-bond acceptors (Lipinski definition) is 4. The summed E-state index contributed by atoms with van der Waals surface area (Å²) in [5.41, 5.74) is 0.776. The summed E-state index contributed by atoms with van der Waals surface area (Å²) in [7, 11) is 0. The number of benzene rings is 1. The van der Waals surface area contributed by atoms with Crippen molar-refractivity contribution in [2.24, 2.45) is 0 Å². The first-order chi connectivity index (χ1) is 7.68. The molecule has 0 aliphatic rings. The highest BCUT2D eigenvalue weighted by Crippen LogP contribution is 2.21. The number of aliphatic hydroxyl groups is 1. The van der Waals surface area contributed by atoms with Crippen LogP contribution in [0, 0.1) is 0 Å². The van der Waals surface area contributed by atoms with Crippen molar-refractivity contribution in [2.75, 3.05) is 0 Å². The Labute approximate surface area is 92.5 Å². The van der Waals surface area contributed by atoms with Crippen molar-refractivity contribution in [3.8, 4) is 5.95 Å². The molecule has 2 aromatic rings. The van der Waals surface area contributed by atoms with E-state index in [4.69, 9.17) is 0 Å². The molecular weight excluding hydrogens is 208 g/mol. The smallest absolute Gasteiger partial charge is 0.221 e. The molecule has 16 heavy (non-hydrogen) atoms.